The number of benzene rings is 3. The van der Waals surface area contributed by atoms with Crippen LogP contribution < -0.4 is 20.7 Å². The highest BCUT2D eigenvalue weighted by Crippen LogP contribution is 2.32. The summed E-state index contributed by atoms with van der Waals surface area (Å²) < 4.78 is 10.3. The molecule has 0 spiro atoms. The van der Waals surface area contributed by atoms with Crippen molar-refractivity contribution < 1.29 is 28.7 Å². The van der Waals surface area contributed by atoms with Gasteiger partial charge in [-0.1, -0.05) is 12.1 Å². The topological polar surface area (TPSA) is 123 Å². The van der Waals surface area contributed by atoms with Gasteiger partial charge in [-0.2, -0.15) is 0 Å². The summed E-state index contributed by atoms with van der Waals surface area (Å²) >= 11 is 1.38. The summed E-state index contributed by atoms with van der Waals surface area (Å²) in [5, 5.41) is 8.09. The molecule has 3 N–H and O–H groups in total. The summed E-state index contributed by atoms with van der Waals surface area (Å²) in [6.07, 6.45) is 0. The average Bonchev–Trinajstić information content (AvgIpc) is 2.87. The molecule has 3 aromatic carbocycles. The number of carbonyl (C=O) groups is 4. The number of thioether (sulfide) groups is 1. The van der Waals surface area contributed by atoms with Crippen LogP contribution >= 0.6 is 11.8 Å². The van der Waals surface area contributed by atoms with Crippen LogP contribution in [0.15, 0.2) is 71.6 Å². The molecule has 0 atom stereocenters. The molecule has 0 radical (unpaired) electrons. The van der Waals surface area contributed by atoms with Gasteiger partial charge in [-0.05, 0) is 54.6 Å². The monoisotopic (exact) mass is 491 g/mol. The number of nitrogens with one attached hydrogen (secondary N) is 3. The van der Waals surface area contributed by atoms with Gasteiger partial charge in [0.15, 0.2) is 6.61 Å². The third-order valence-electron chi connectivity index (χ3n) is 4.97. The number of hydrogen-bond donors (Lipinski definition) is 3. The van der Waals surface area contributed by atoms with Gasteiger partial charge in [0.05, 0.1) is 29.8 Å². The highest BCUT2D eigenvalue weighted by atomic mass is 32.2. The van der Waals surface area contributed by atoms with Crippen LogP contribution in [-0.2, 0) is 14.3 Å². The zero-order valence-electron chi connectivity index (χ0n) is 18.6. The Morgan fingerprint density at radius 2 is 1.71 bits per heavy atom. The maximum absolute atomic E-state index is 12.5. The summed E-state index contributed by atoms with van der Waals surface area (Å²) in [6.45, 7) is -0.493. The highest BCUT2D eigenvalue weighted by molar-refractivity contribution is 8.00. The van der Waals surface area contributed by atoms with Crippen LogP contribution in [0.3, 0.4) is 0 Å². The van der Waals surface area contributed by atoms with Crippen LogP contribution in [0.4, 0.5) is 17.1 Å². The summed E-state index contributed by atoms with van der Waals surface area (Å²) in [7, 11) is 1.52. The zero-order valence-corrected chi connectivity index (χ0v) is 19.4. The maximum atomic E-state index is 12.5. The van der Waals surface area contributed by atoms with Crippen LogP contribution in [0, 0.1) is 0 Å². The van der Waals surface area contributed by atoms with Gasteiger partial charge in [0, 0.05) is 16.1 Å². The molecule has 3 aromatic rings. The molecule has 10 heteroatoms. The fraction of sp³-hybridized carbons (Fsp3) is 0.120. The van der Waals surface area contributed by atoms with E-state index >= 15 is 0 Å². The Morgan fingerprint density at radius 1 is 0.971 bits per heavy atom. The first-order chi connectivity index (χ1) is 16.9. The molecule has 0 aliphatic carbocycles. The van der Waals surface area contributed by atoms with E-state index in [0.29, 0.717) is 34.1 Å². The minimum absolute atomic E-state index is 0.143. The second-order valence-electron chi connectivity index (χ2n) is 7.40. The second-order valence-corrected chi connectivity index (χ2v) is 8.42. The minimum atomic E-state index is -0.684. The van der Waals surface area contributed by atoms with E-state index in [1.54, 1.807) is 60.7 Å². The quantitative estimate of drug-likeness (QED) is 0.430. The van der Waals surface area contributed by atoms with Crippen LogP contribution in [0.1, 0.15) is 20.7 Å². The molecular formula is C25H21N3O6S. The molecule has 9 nitrogen and oxygen atoms in total. The van der Waals surface area contributed by atoms with E-state index in [4.69, 9.17) is 9.47 Å². The molecule has 3 amide bonds. The largest absolute Gasteiger partial charge is 0.495 e. The molecule has 1 heterocycles. The number of esters is 1. The van der Waals surface area contributed by atoms with Crippen molar-refractivity contribution in [3.8, 4) is 5.75 Å². The van der Waals surface area contributed by atoms with Gasteiger partial charge in [-0.15, -0.1) is 11.8 Å². The molecule has 178 valence electrons. The summed E-state index contributed by atoms with van der Waals surface area (Å²) in [5.41, 5.74) is 2.13. The summed E-state index contributed by atoms with van der Waals surface area (Å²) in [6, 6.07) is 18.1. The lowest BCUT2D eigenvalue weighted by atomic mass is 10.2. The smallest absolute Gasteiger partial charge is 0.338 e. The van der Waals surface area contributed by atoms with E-state index in [1.807, 2.05) is 0 Å². The van der Waals surface area contributed by atoms with Gasteiger partial charge in [0.2, 0.25) is 5.91 Å². The number of amides is 3. The van der Waals surface area contributed by atoms with Crippen LogP contribution in [0.5, 0.6) is 5.75 Å². The number of methoxy groups -OCH3 is 1. The van der Waals surface area contributed by atoms with Crippen molar-refractivity contribution in [3.05, 3.63) is 77.9 Å². The number of para-hydroxylation sites is 2. The molecule has 0 fully saturated rings. The first kappa shape index (κ1) is 23.8. The normalized spacial score (nSPS) is 12.1. The molecule has 0 saturated heterocycles. The van der Waals surface area contributed by atoms with Gasteiger partial charge in [0.25, 0.3) is 11.8 Å². The maximum Gasteiger partial charge on any atom is 0.338 e. The van der Waals surface area contributed by atoms with Crippen molar-refractivity contribution >= 4 is 52.5 Å². The van der Waals surface area contributed by atoms with Crippen molar-refractivity contribution in [1.82, 2.24) is 0 Å². The Balaban J connectivity index is 1.29. The molecule has 0 unspecified atom stereocenters. The molecule has 35 heavy (non-hydrogen) atoms. The number of fused-ring (bicyclic) bond motifs is 1. The Hall–Kier alpha value is -4.31. The lowest BCUT2D eigenvalue weighted by Gasteiger charge is -2.16. The predicted octanol–water partition coefficient (Wildman–Crippen LogP) is 3.79. The molecule has 0 saturated carbocycles. The van der Waals surface area contributed by atoms with Crippen molar-refractivity contribution in [1.29, 1.82) is 0 Å². The average molecular weight is 492 g/mol. The van der Waals surface area contributed by atoms with Crippen LogP contribution in [-0.4, -0.2) is 43.2 Å². The second kappa shape index (κ2) is 10.7. The van der Waals surface area contributed by atoms with Gasteiger partial charge < -0.3 is 25.4 Å². The SMILES string of the molecule is COc1ccccc1NC(=O)c1ccc(NC(=O)COC(=O)c2ccc3c(c2)NC(=O)CS3)cc1. The minimum Gasteiger partial charge on any atom is -0.495 e. The van der Waals surface area contributed by atoms with Gasteiger partial charge in [-0.3, -0.25) is 14.4 Å². The third-order valence-corrected chi connectivity index (χ3v) is 6.04. The first-order valence-electron chi connectivity index (χ1n) is 10.5. The Labute approximate surface area is 205 Å². The third kappa shape index (κ3) is 5.98. The zero-order chi connectivity index (χ0) is 24.8. The standard InChI is InChI=1S/C25H21N3O6S/c1-33-20-5-3-2-4-18(20)28-24(31)15-6-9-17(10-7-15)26-22(29)13-34-25(32)16-8-11-21-19(12-16)27-23(30)14-35-21/h2-12H,13-14H2,1H3,(H,26,29)(H,27,30)(H,28,31). The van der Waals surface area contributed by atoms with Crippen LogP contribution in [0.25, 0.3) is 0 Å². The van der Waals surface area contributed by atoms with Gasteiger partial charge >= 0.3 is 5.97 Å². The van der Waals surface area contributed by atoms with E-state index in [-0.39, 0.29) is 17.4 Å². The van der Waals surface area contributed by atoms with Crippen LogP contribution in [0.2, 0.25) is 0 Å². The van der Waals surface area contributed by atoms with Crippen molar-refractivity contribution in [2.45, 2.75) is 4.90 Å². The molecule has 1 aliphatic heterocycles. The number of carbonyl (C=O) groups excluding carboxylic acids is 4. The van der Waals surface area contributed by atoms with Crippen molar-refractivity contribution in [2.75, 3.05) is 35.4 Å². The Kier molecular flexibility index (Phi) is 7.32. The predicted molar refractivity (Wildman–Crippen MR) is 132 cm³/mol. The number of ether oxygens (including phenoxy) is 2. The Morgan fingerprint density at radius 3 is 2.49 bits per heavy atom. The van der Waals surface area contributed by atoms with E-state index in [1.165, 1.54) is 24.9 Å². The van der Waals surface area contributed by atoms with E-state index in [9.17, 15) is 19.2 Å². The Bertz CT molecular complexity index is 1290. The van der Waals surface area contributed by atoms with E-state index in [0.717, 1.165) is 4.90 Å². The number of hydrogen-bond acceptors (Lipinski definition) is 7. The number of anilines is 3. The molecule has 1 aliphatic rings. The highest BCUT2D eigenvalue weighted by Gasteiger charge is 2.18. The lowest BCUT2D eigenvalue weighted by Crippen LogP contribution is -2.22. The molecular weight excluding hydrogens is 470 g/mol. The van der Waals surface area contributed by atoms with Gasteiger partial charge in [0.1, 0.15) is 5.75 Å². The van der Waals surface area contributed by atoms with E-state index in [2.05, 4.69) is 16.0 Å². The number of rotatable bonds is 7. The van der Waals surface area contributed by atoms with Crippen molar-refractivity contribution in [2.24, 2.45) is 0 Å². The van der Waals surface area contributed by atoms with E-state index < -0.39 is 18.5 Å². The van der Waals surface area contributed by atoms with Gasteiger partial charge in [-0.25, -0.2) is 4.79 Å². The fourth-order valence-electron chi connectivity index (χ4n) is 3.27. The summed E-state index contributed by atoms with van der Waals surface area (Å²) in [4.78, 5) is 49.4. The molecule has 4 rings (SSSR count). The summed E-state index contributed by atoms with van der Waals surface area (Å²) in [5.74, 6) is -0.831. The molecule has 0 bridgehead atoms. The molecule has 0 aromatic heterocycles. The lowest BCUT2D eigenvalue weighted by molar-refractivity contribution is -0.119. The van der Waals surface area contributed by atoms with Crippen molar-refractivity contribution in [3.63, 3.8) is 0 Å². The first-order valence-corrected chi connectivity index (χ1v) is 11.5. The fourth-order valence-corrected chi connectivity index (χ4v) is 4.06.